The highest BCUT2D eigenvalue weighted by Gasteiger charge is 2.13. The van der Waals surface area contributed by atoms with Crippen LogP contribution in [0.1, 0.15) is 12.6 Å². The molecule has 6 nitrogen and oxygen atoms in total. The van der Waals surface area contributed by atoms with E-state index in [0.717, 1.165) is 0 Å². The number of ether oxygens (including phenoxy) is 2. The summed E-state index contributed by atoms with van der Waals surface area (Å²) in [5.74, 6) is 0.0609. The minimum atomic E-state index is -0.645. The van der Waals surface area contributed by atoms with Gasteiger partial charge in [0, 0.05) is 6.07 Å². The van der Waals surface area contributed by atoms with Crippen LogP contribution in [0.4, 0.5) is 0 Å². The van der Waals surface area contributed by atoms with Gasteiger partial charge in [0.15, 0.2) is 5.58 Å². The molecule has 1 aromatic heterocycles. The van der Waals surface area contributed by atoms with Crippen molar-refractivity contribution in [2.75, 3.05) is 13.7 Å². The lowest BCUT2D eigenvalue weighted by Crippen LogP contribution is -2.17. The Morgan fingerprint density at radius 2 is 2.21 bits per heavy atom. The third-order valence-corrected chi connectivity index (χ3v) is 2.48. The second-order valence-corrected chi connectivity index (χ2v) is 3.76. The number of hydrogen-bond acceptors (Lipinski definition) is 6. The van der Waals surface area contributed by atoms with E-state index in [4.69, 9.17) is 13.9 Å². The van der Waals surface area contributed by atoms with Crippen LogP contribution >= 0.6 is 0 Å². The predicted octanol–water partition coefficient (Wildman–Crippen LogP) is 1.30. The van der Waals surface area contributed by atoms with Crippen LogP contribution in [0, 0.1) is 0 Å². The van der Waals surface area contributed by atoms with Gasteiger partial charge in [-0.3, -0.25) is 4.79 Å². The quantitative estimate of drug-likeness (QED) is 0.774. The Kier molecular flexibility index (Phi) is 3.79. The van der Waals surface area contributed by atoms with Gasteiger partial charge in [-0.15, -0.1) is 0 Å². The fraction of sp³-hybridized carbons (Fsp3) is 0.308. The summed E-state index contributed by atoms with van der Waals surface area (Å²) in [5, 5.41) is 0. The van der Waals surface area contributed by atoms with Crippen LogP contribution in [0.5, 0.6) is 5.75 Å². The average Bonchev–Trinajstić information content (AvgIpc) is 2.39. The SMILES string of the molecule is CCOC(=O)Cc1nc2ccc(OC)cc2oc1=O. The molecule has 0 N–H and O–H groups in total. The first-order valence-corrected chi connectivity index (χ1v) is 5.77. The van der Waals surface area contributed by atoms with Gasteiger partial charge in [0.1, 0.15) is 17.0 Å². The standard InChI is InChI=1S/C13H13NO5/c1-3-18-12(15)7-10-13(16)19-11-6-8(17-2)4-5-9(11)14-10/h4-6H,3,7H2,1-2H3. The highest BCUT2D eigenvalue weighted by Crippen LogP contribution is 2.18. The third-order valence-electron chi connectivity index (χ3n) is 2.48. The Morgan fingerprint density at radius 1 is 1.42 bits per heavy atom. The second kappa shape index (κ2) is 5.51. The molecular weight excluding hydrogens is 250 g/mol. The molecule has 0 radical (unpaired) electrons. The molecule has 19 heavy (non-hydrogen) atoms. The van der Waals surface area contributed by atoms with Crippen LogP contribution in [-0.2, 0) is 16.0 Å². The van der Waals surface area contributed by atoms with Gasteiger partial charge < -0.3 is 13.9 Å². The lowest BCUT2D eigenvalue weighted by Gasteiger charge is -2.03. The molecule has 0 aliphatic rings. The number of benzene rings is 1. The van der Waals surface area contributed by atoms with Gasteiger partial charge >= 0.3 is 11.6 Å². The van der Waals surface area contributed by atoms with E-state index in [0.29, 0.717) is 16.8 Å². The van der Waals surface area contributed by atoms with Crippen LogP contribution < -0.4 is 10.4 Å². The summed E-state index contributed by atoms with van der Waals surface area (Å²) in [6.07, 6.45) is -0.196. The maximum absolute atomic E-state index is 11.7. The zero-order valence-electron chi connectivity index (χ0n) is 10.6. The van der Waals surface area contributed by atoms with Crippen molar-refractivity contribution in [3.05, 3.63) is 34.3 Å². The molecule has 6 heteroatoms. The van der Waals surface area contributed by atoms with Crippen molar-refractivity contribution in [1.29, 1.82) is 0 Å². The number of rotatable bonds is 4. The Morgan fingerprint density at radius 3 is 2.89 bits per heavy atom. The van der Waals surface area contributed by atoms with Gasteiger partial charge in [0.05, 0.1) is 20.1 Å². The molecule has 0 saturated heterocycles. The molecule has 1 aromatic carbocycles. The molecule has 0 aliphatic carbocycles. The number of aromatic nitrogens is 1. The van der Waals surface area contributed by atoms with E-state index < -0.39 is 11.6 Å². The fourth-order valence-corrected chi connectivity index (χ4v) is 1.61. The summed E-state index contributed by atoms with van der Waals surface area (Å²) in [4.78, 5) is 27.1. The summed E-state index contributed by atoms with van der Waals surface area (Å²) in [5.41, 5.74) is 0.196. The summed E-state index contributed by atoms with van der Waals surface area (Å²) in [6, 6.07) is 4.92. The van der Waals surface area contributed by atoms with Crippen molar-refractivity contribution in [2.45, 2.75) is 13.3 Å². The first kappa shape index (κ1) is 13.1. The Balaban J connectivity index is 2.39. The van der Waals surface area contributed by atoms with Crippen LogP contribution in [0.15, 0.2) is 27.4 Å². The van der Waals surface area contributed by atoms with E-state index in [9.17, 15) is 9.59 Å². The minimum absolute atomic E-state index is 0.0381. The molecule has 0 fully saturated rings. The molecule has 0 saturated carbocycles. The van der Waals surface area contributed by atoms with Crippen molar-refractivity contribution in [3.63, 3.8) is 0 Å². The van der Waals surface area contributed by atoms with E-state index in [-0.39, 0.29) is 18.7 Å². The van der Waals surface area contributed by atoms with Crippen molar-refractivity contribution < 1.29 is 18.7 Å². The summed E-state index contributed by atoms with van der Waals surface area (Å²) in [7, 11) is 1.52. The molecule has 0 bridgehead atoms. The van der Waals surface area contributed by atoms with Gasteiger partial charge in [-0.25, -0.2) is 9.78 Å². The topological polar surface area (TPSA) is 78.6 Å². The van der Waals surface area contributed by atoms with Crippen LogP contribution in [0.25, 0.3) is 11.1 Å². The number of carbonyl (C=O) groups excluding carboxylic acids is 1. The zero-order valence-corrected chi connectivity index (χ0v) is 10.6. The maximum Gasteiger partial charge on any atom is 0.358 e. The highest BCUT2D eigenvalue weighted by molar-refractivity contribution is 5.75. The Hall–Kier alpha value is -2.37. The lowest BCUT2D eigenvalue weighted by atomic mass is 10.2. The fourth-order valence-electron chi connectivity index (χ4n) is 1.61. The predicted molar refractivity (Wildman–Crippen MR) is 67.2 cm³/mol. The van der Waals surface area contributed by atoms with E-state index in [2.05, 4.69) is 4.98 Å². The van der Waals surface area contributed by atoms with Gasteiger partial charge in [0.2, 0.25) is 0 Å². The van der Waals surface area contributed by atoms with Crippen molar-refractivity contribution in [2.24, 2.45) is 0 Å². The maximum atomic E-state index is 11.7. The molecule has 0 spiro atoms. The summed E-state index contributed by atoms with van der Waals surface area (Å²) < 4.78 is 14.9. The molecule has 2 aromatic rings. The van der Waals surface area contributed by atoms with Crippen LogP contribution in [0.3, 0.4) is 0 Å². The van der Waals surface area contributed by atoms with Crippen molar-refractivity contribution >= 4 is 17.1 Å². The van der Waals surface area contributed by atoms with Gasteiger partial charge in [-0.2, -0.15) is 0 Å². The number of hydrogen-bond donors (Lipinski definition) is 0. The minimum Gasteiger partial charge on any atom is -0.497 e. The first-order chi connectivity index (χ1) is 9.13. The van der Waals surface area contributed by atoms with Crippen LogP contribution in [0.2, 0.25) is 0 Å². The van der Waals surface area contributed by atoms with E-state index in [1.54, 1.807) is 25.1 Å². The van der Waals surface area contributed by atoms with Crippen LogP contribution in [-0.4, -0.2) is 24.7 Å². The number of carbonyl (C=O) groups is 1. The largest absolute Gasteiger partial charge is 0.497 e. The monoisotopic (exact) mass is 263 g/mol. The van der Waals surface area contributed by atoms with Gasteiger partial charge in [-0.1, -0.05) is 0 Å². The number of nitrogens with zero attached hydrogens (tertiary/aromatic N) is 1. The van der Waals surface area contributed by atoms with E-state index in [1.807, 2.05) is 0 Å². The number of esters is 1. The number of methoxy groups -OCH3 is 1. The Labute approximate surface area is 109 Å². The van der Waals surface area contributed by atoms with Crippen molar-refractivity contribution in [3.8, 4) is 5.75 Å². The molecule has 100 valence electrons. The molecule has 0 unspecified atom stereocenters. The second-order valence-electron chi connectivity index (χ2n) is 3.76. The zero-order chi connectivity index (χ0) is 13.8. The van der Waals surface area contributed by atoms with Gasteiger partial charge in [0.25, 0.3) is 0 Å². The Bertz CT molecular complexity index is 662. The first-order valence-electron chi connectivity index (χ1n) is 5.77. The smallest absolute Gasteiger partial charge is 0.358 e. The van der Waals surface area contributed by atoms with Gasteiger partial charge in [-0.05, 0) is 19.1 Å². The molecular formula is C13H13NO5. The molecule has 1 heterocycles. The summed E-state index contributed by atoms with van der Waals surface area (Å²) >= 11 is 0. The number of fused-ring (bicyclic) bond motifs is 1. The highest BCUT2D eigenvalue weighted by atomic mass is 16.5. The lowest BCUT2D eigenvalue weighted by molar-refractivity contribution is -0.142. The molecule has 0 aliphatic heterocycles. The molecule has 0 atom stereocenters. The summed E-state index contributed by atoms with van der Waals surface area (Å²) in [6.45, 7) is 1.95. The van der Waals surface area contributed by atoms with E-state index >= 15 is 0 Å². The molecule has 0 amide bonds. The third kappa shape index (κ3) is 2.90. The normalized spacial score (nSPS) is 10.4. The molecule has 2 rings (SSSR count). The van der Waals surface area contributed by atoms with E-state index in [1.165, 1.54) is 7.11 Å². The van der Waals surface area contributed by atoms with Crippen molar-refractivity contribution in [1.82, 2.24) is 4.98 Å². The average molecular weight is 263 g/mol.